The molecule has 17 heavy (non-hydrogen) atoms. The van der Waals surface area contributed by atoms with Gasteiger partial charge in [0.1, 0.15) is 0 Å². The smallest absolute Gasteiger partial charge is 0.294 e. The Hall–Kier alpha value is -1.42. The summed E-state index contributed by atoms with van der Waals surface area (Å²) in [7, 11) is 1.79. The topological polar surface area (TPSA) is 38.1 Å². The molecular formula is C13H16N2OS. The Morgan fingerprint density at radius 2 is 1.94 bits per heavy atom. The third-order valence-corrected chi connectivity index (χ3v) is 3.25. The highest BCUT2D eigenvalue weighted by Gasteiger charge is 2.05. The zero-order valence-corrected chi connectivity index (χ0v) is 11.0. The van der Waals surface area contributed by atoms with Crippen LogP contribution in [-0.2, 0) is 0 Å². The molecule has 1 aromatic heterocycles. The summed E-state index contributed by atoms with van der Waals surface area (Å²) < 4.78 is 5.51. The Morgan fingerprint density at radius 1 is 1.24 bits per heavy atom. The number of hydrogen-bond donors (Lipinski definition) is 1. The van der Waals surface area contributed by atoms with E-state index in [2.05, 4.69) is 48.4 Å². The molecule has 2 rings (SSSR count). The lowest BCUT2D eigenvalue weighted by molar-refractivity contribution is 0.589. The number of oxazole rings is 1. The molecule has 0 aliphatic rings. The monoisotopic (exact) mass is 248 g/mol. The van der Waals surface area contributed by atoms with Crippen LogP contribution in [0.15, 0.2) is 39.8 Å². The second-order valence-corrected chi connectivity index (χ2v) is 5.62. The summed E-state index contributed by atoms with van der Waals surface area (Å²) in [5.41, 5.74) is 1.05. The van der Waals surface area contributed by atoms with E-state index in [1.54, 1.807) is 13.2 Å². The highest BCUT2D eigenvalue weighted by Crippen LogP contribution is 2.27. The average Bonchev–Trinajstić information content (AvgIpc) is 2.78. The average molecular weight is 248 g/mol. The Kier molecular flexibility index (Phi) is 3.74. The molecule has 1 aromatic carbocycles. The van der Waals surface area contributed by atoms with Gasteiger partial charge >= 0.3 is 0 Å². The van der Waals surface area contributed by atoms with E-state index < -0.39 is 0 Å². The summed E-state index contributed by atoms with van der Waals surface area (Å²) in [5, 5.41) is 3.47. The summed E-state index contributed by atoms with van der Waals surface area (Å²) in [6, 6.07) is 8.89. The maximum atomic E-state index is 5.51. The summed E-state index contributed by atoms with van der Waals surface area (Å²) in [4.78, 5) is 5.37. The van der Waals surface area contributed by atoms with Gasteiger partial charge in [0, 0.05) is 22.8 Å². The highest BCUT2D eigenvalue weighted by atomic mass is 32.2. The first-order valence-electron chi connectivity index (χ1n) is 5.59. The van der Waals surface area contributed by atoms with E-state index >= 15 is 0 Å². The van der Waals surface area contributed by atoms with Crippen molar-refractivity contribution in [1.82, 2.24) is 4.98 Å². The van der Waals surface area contributed by atoms with Gasteiger partial charge in [-0.15, -0.1) is 11.8 Å². The zero-order chi connectivity index (χ0) is 12.3. The molecular weight excluding hydrogens is 232 g/mol. The Labute approximate surface area is 106 Å². The number of rotatable bonds is 4. The maximum Gasteiger partial charge on any atom is 0.294 e. The van der Waals surface area contributed by atoms with Crippen LogP contribution in [-0.4, -0.2) is 17.3 Å². The van der Waals surface area contributed by atoms with E-state index in [0.717, 1.165) is 11.3 Å². The molecule has 90 valence electrons. The first-order chi connectivity index (χ1) is 8.19. The fraction of sp³-hybridized carbons (Fsp3) is 0.308. The van der Waals surface area contributed by atoms with Crippen molar-refractivity contribution in [3.8, 4) is 11.3 Å². The van der Waals surface area contributed by atoms with E-state index in [0.29, 0.717) is 11.3 Å². The Morgan fingerprint density at radius 3 is 2.47 bits per heavy atom. The van der Waals surface area contributed by atoms with Gasteiger partial charge in [0.05, 0.1) is 6.20 Å². The van der Waals surface area contributed by atoms with Gasteiger partial charge in [-0.3, -0.25) is 0 Å². The van der Waals surface area contributed by atoms with Crippen LogP contribution in [0.5, 0.6) is 0 Å². The largest absolute Gasteiger partial charge is 0.424 e. The number of aromatic nitrogens is 1. The molecule has 0 spiro atoms. The van der Waals surface area contributed by atoms with Crippen LogP contribution >= 0.6 is 11.8 Å². The first kappa shape index (κ1) is 12.0. The van der Waals surface area contributed by atoms with Crippen molar-refractivity contribution in [2.45, 2.75) is 24.0 Å². The molecule has 0 atom stereocenters. The van der Waals surface area contributed by atoms with Crippen LogP contribution in [0.4, 0.5) is 6.01 Å². The van der Waals surface area contributed by atoms with E-state index in [9.17, 15) is 0 Å². The molecule has 3 nitrogen and oxygen atoms in total. The molecule has 0 saturated heterocycles. The standard InChI is InChI=1S/C13H16N2OS/c1-9(2)17-11-6-4-10(5-7-11)12-8-15-13(14-3)16-12/h4-9H,1-3H3,(H,14,15). The number of benzene rings is 1. The minimum atomic E-state index is 0.542. The fourth-order valence-electron chi connectivity index (χ4n) is 1.49. The molecule has 2 aromatic rings. The summed E-state index contributed by atoms with van der Waals surface area (Å²) in [5.74, 6) is 0.787. The quantitative estimate of drug-likeness (QED) is 0.833. The molecule has 0 radical (unpaired) electrons. The van der Waals surface area contributed by atoms with Gasteiger partial charge in [-0.25, -0.2) is 4.98 Å². The molecule has 0 fully saturated rings. The molecule has 0 amide bonds. The first-order valence-corrected chi connectivity index (χ1v) is 6.47. The predicted molar refractivity (Wildman–Crippen MR) is 72.5 cm³/mol. The number of nitrogens with zero attached hydrogens (tertiary/aromatic N) is 1. The van der Waals surface area contributed by atoms with Gasteiger partial charge < -0.3 is 9.73 Å². The van der Waals surface area contributed by atoms with E-state index in [4.69, 9.17) is 4.42 Å². The van der Waals surface area contributed by atoms with Gasteiger partial charge in [-0.05, 0) is 12.1 Å². The molecule has 4 heteroatoms. The van der Waals surface area contributed by atoms with Gasteiger partial charge in [0.25, 0.3) is 6.01 Å². The molecule has 1 N–H and O–H groups in total. The van der Waals surface area contributed by atoms with Crippen LogP contribution < -0.4 is 5.32 Å². The lowest BCUT2D eigenvalue weighted by Crippen LogP contribution is -1.85. The molecule has 0 bridgehead atoms. The summed E-state index contributed by atoms with van der Waals surface area (Å²) in [6.45, 7) is 4.38. The SMILES string of the molecule is CNc1ncc(-c2ccc(SC(C)C)cc2)o1. The summed E-state index contributed by atoms with van der Waals surface area (Å²) in [6.07, 6.45) is 1.73. The maximum absolute atomic E-state index is 5.51. The fourth-order valence-corrected chi connectivity index (χ4v) is 2.33. The predicted octanol–water partition coefficient (Wildman–Crippen LogP) is 3.88. The van der Waals surface area contributed by atoms with Gasteiger partial charge in [0.15, 0.2) is 5.76 Å². The van der Waals surface area contributed by atoms with Crippen molar-refractivity contribution in [3.05, 3.63) is 30.5 Å². The minimum absolute atomic E-state index is 0.542. The van der Waals surface area contributed by atoms with Crippen molar-refractivity contribution in [1.29, 1.82) is 0 Å². The van der Waals surface area contributed by atoms with Crippen LogP contribution in [0.2, 0.25) is 0 Å². The normalized spacial score (nSPS) is 10.8. The minimum Gasteiger partial charge on any atom is -0.424 e. The number of anilines is 1. The van der Waals surface area contributed by atoms with Gasteiger partial charge in [-0.1, -0.05) is 26.0 Å². The summed E-state index contributed by atoms with van der Waals surface area (Å²) >= 11 is 1.85. The zero-order valence-electron chi connectivity index (χ0n) is 10.2. The van der Waals surface area contributed by atoms with Crippen molar-refractivity contribution in [2.24, 2.45) is 0 Å². The Bertz CT molecular complexity index is 476. The molecule has 1 heterocycles. The molecule has 0 saturated carbocycles. The van der Waals surface area contributed by atoms with E-state index in [1.807, 2.05) is 11.8 Å². The van der Waals surface area contributed by atoms with E-state index in [-0.39, 0.29) is 0 Å². The number of hydrogen-bond acceptors (Lipinski definition) is 4. The molecule has 0 aliphatic heterocycles. The third-order valence-electron chi connectivity index (χ3n) is 2.23. The second kappa shape index (κ2) is 5.27. The molecule has 0 aliphatic carbocycles. The van der Waals surface area contributed by atoms with Gasteiger partial charge in [0.2, 0.25) is 0 Å². The van der Waals surface area contributed by atoms with Crippen molar-refractivity contribution in [3.63, 3.8) is 0 Å². The van der Waals surface area contributed by atoms with Crippen molar-refractivity contribution < 1.29 is 4.42 Å². The number of nitrogens with one attached hydrogen (secondary N) is 1. The van der Waals surface area contributed by atoms with Crippen LogP contribution in [0.25, 0.3) is 11.3 Å². The van der Waals surface area contributed by atoms with Crippen LogP contribution in [0.1, 0.15) is 13.8 Å². The van der Waals surface area contributed by atoms with E-state index in [1.165, 1.54) is 4.90 Å². The third kappa shape index (κ3) is 3.03. The highest BCUT2D eigenvalue weighted by molar-refractivity contribution is 7.99. The van der Waals surface area contributed by atoms with Crippen molar-refractivity contribution >= 4 is 17.8 Å². The lowest BCUT2D eigenvalue weighted by Gasteiger charge is -2.04. The molecule has 0 unspecified atom stereocenters. The lowest BCUT2D eigenvalue weighted by atomic mass is 10.2. The van der Waals surface area contributed by atoms with Gasteiger partial charge in [-0.2, -0.15) is 0 Å². The number of thioether (sulfide) groups is 1. The van der Waals surface area contributed by atoms with Crippen molar-refractivity contribution in [2.75, 3.05) is 12.4 Å². The van der Waals surface area contributed by atoms with Crippen LogP contribution in [0, 0.1) is 0 Å². The second-order valence-electron chi connectivity index (χ2n) is 3.97. The van der Waals surface area contributed by atoms with Crippen LogP contribution in [0.3, 0.4) is 0 Å². The Balaban J connectivity index is 2.17.